The van der Waals surface area contributed by atoms with E-state index >= 15 is 0 Å². The van der Waals surface area contributed by atoms with Crippen LogP contribution in [0.2, 0.25) is 0 Å². The van der Waals surface area contributed by atoms with Gasteiger partial charge in [0.15, 0.2) is 0 Å². The second-order valence-electron chi connectivity index (χ2n) is 2.31. The van der Waals surface area contributed by atoms with E-state index in [0.717, 1.165) is 0 Å². The summed E-state index contributed by atoms with van der Waals surface area (Å²) in [7, 11) is 0. The van der Waals surface area contributed by atoms with E-state index in [4.69, 9.17) is 4.74 Å². The summed E-state index contributed by atoms with van der Waals surface area (Å²) in [6.07, 6.45) is 8.61. The molecule has 1 rings (SSSR count). The molecule has 0 aromatic carbocycles. The number of hydrogen-bond acceptors (Lipinski definition) is 3. The Kier molecular flexibility index (Phi) is 3.14. The quantitative estimate of drug-likeness (QED) is 0.495. The van der Waals surface area contributed by atoms with Gasteiger partial charge >= 0.3 is 5.97 Å². The maximum Gasteiger partial charge on any atom is 0.332 e. The molecule has 0 aromatic heterocycles. The third-order valence-electron chi connectivity index (χ3n) is 1.38. The van der Waals surface area contributed by atoms with Gasteiger partial charge < -0.3 is 10.1 Å². The monoisotopic (exact) mass is 165 g/mol. The summed E-state index contributed by atoms with van der Waals surface area (Å²) >= 11 is 0. The van der Waals surface area contributed by atoms with Crippen LogP contribution in [0.1, 0.15) is 0 Å². The van der Waals surface area contributed by atoms with E-state index in [9.17, 15) is 4.79 Å². The van der Waals surface area contributed by atoms with Crippen LogP contribution in [0.5, 0.6) is 0 Å². The summed E-state index contributed by atoms with van der Waals surface area (Å²) in [5.74, 6) is -0.282. The van der Waals surface area contributed by atoms with Gasteiger partial charge in [-0.15, -0.1) is 0 Å². The maximum absolute atomic E-state index is 11.1. The number of nitrogens with one attached hydrogen (secondary N) is 1. The molecule has 0 fully saturated rings. The molecule has 12 heavy (non-hydrogen) atoms. The SMILES string of the molecule is C=CCOC(=O)C1C=CC=CN1. The van der Waals surface area contributed by atoms with E-state index < -0.39 is 0 Å². The van der Waals surface area contributed by atoms with Gasteiger partial charge in [0.2, 0.25) is 0 Å². The molecular formula is C9H11NO2. The summed E-state index contributed by atoms with van der Waals surface area (Å²) < 4.78 is 4.83. The zero-order chi connectivity index (χ0) is 8.81. The lowest BCUT2D eigenvalue weighted by molar-refractivity contribution is -0.143. The zero-order valence-electron chi connectivity index (χ0n) is 6.69. The largest absolute Gasteiger partial charge is 0.460 e. The number of hydrogen-bond donors (Lipinski definition) is 1. The highest BCUT2D eigenvalue weighted by molar-refractivity contribution is 5.78. The molecule has 0 spiro atoms. The molecule has 1 N–H and O–H groups in total. The van der Waals surface area contributed by atoms with Crippen LogP contribution >= 0.6 is 0 Å². The molecule has 3 nitrogen and oxygen atoms in total. The van der Waals surface area contributed by atoms with Crippen molar-refractivity contribution in [2.75, 3.05) is 6.61 Å². The molecule has 1 atom stereocenters. The molecule has 1 aliphatic heterocycles. The van der Waals surface area contributed by atoms with Crippen LogP contribution in [0, 0.1) is 0 Å². The first-order valence-electron chi connectivity index (χ1n) is 3.71. The summed E-state index contributed by atoms with van der Waals surface area (Å²) in [5, 5.41) is 2.85. The lowest BCUT2D eigenvalue weighted by atomic mass is 10.2. The molecule has 0 radical (unpaired) electrons. The van der Waals surface area contributed by atoms with E-state index in [1.54, 1.807) is 24.4 Å². The lowest BCUT2D eigenvalue weighted by Crippen LogP contribution is -2.34. The van der Waals surface area contributed by atoms with Crippen LogP contribution < -0.4 is 5.32 Å². The first-order chi connectivity index (χ1) is 5.84. The minimum atomic E-state index is -0.352. The van der Waals surface area contributed by atoms with Gasteiger partial charge in [-0.3, -0.25) is 0 Å². The molecule has 0 aliphatic carbocycles. The number of rotatable bonds is 3. The smallest absolute Gasteiger partial charge is 0.332 e. The predicted molar refractivity (Wildman–Crippen MR) is 46.4 cm³/mol. The molecule has 1 unspecified atom stereocenters. The van der Waals surface area contributed by atoms with Crippen LogP contribution in [0.25, 0.3) is 0 Å². The van der Waals surface area contributed by atoms with Crippen molar-refractivity contribution in [1.29, 1.82) is 0 Å². The molecule has 64 valence electrons. The van der Waals surface area contributed by atoms with Gasteiger partial charge in [0.05, 0.1) is 0 Å². The Bertz CT molecular complexity index is 231. The number of allylic oxidation sites excluding steroid dienone is 2. The minimum Gasteiger partial charge on any atom is -0.460 e. The third-order valence-corrected chi connectivity index (χ3v) is 1.38. The van der Waals surface area contributed by atoms with Crippen LogP contribution in [-0.4, -0.2) is 18.6 Å². The van der Waals surface area contributed by atoms with E-state index in [0.29, 0.717) is 0 Å². The Morgan fingerprint density at radius 3 is 3.08 bits per heavy atom. The molecule has 0 saturated heterocycles. The molecule has 1 heterocycles. The first-order valence-corrected chi connectivity index (χ1v) is 3.71. The highest BCUT2D eigenvalue weighted by Gasteiger charge is 2.14. The Morgan fingerprint density at radius 2 is 2.50 bits per heavy atom. The highest BCUT2D eigenvalue weighted by Crippen LogP contribution is 1.97. The Morgan fingerprint density at radius 1 is 1.67 bits per heavy atom. The maximum atomic E-state index is 11.1. The fourth-order valence-electron chi connectivity index (χ4n) is 0.823. The molecule has 0 aromatic rings. The Hall–Kier alpha value is -1.51. The lowest BCUT2D eigenvalue weighted by Gasteiger charge is -2.13. The molecule has 0 saturated carbocycles. The van der Waals surface area contributed by atoms with Crippen molar-refractivity contribution in [3.8, 4) is 0 Å². The first kappa shape index (κ1) is 8.59. The number of esters is 1. The minimum absolute atomic E-state index is 0.258. The van der Waals surface area contributed by atoms with Crippen molar-refractivity contribution < 1.29 is 9.53 Å². The van der Waals surface area contributed by atoms with Crippen LogP contribution in [0.4, 0.5) is 0 Å². The summed E-state index contributed by atoms with van der Waals surface area (Å²) in [4.78, 5) is 11.1. The van der Waals surface area contributed by atoms with E-state index in [-0.39, 0.29) is 18.6 Å². The van der Waals surface area contributed by atoms with Crippen molar-refractivity contribution in [2.24, 2.45) is 0 Å². The van der Waals surface area contributed by atoms with Gasteiger partial charge in [-0.05, 0) is 12.3 Å². The average Bonchev–Trinajstić information content (AvgIpc) is 2.15. The van der Waals surface area contributed by atoms with Gasteiger partial charge in [0.1, 0.15) is 12.6 Å². The Labute approximate surface area is 71.4 Å². The van der Waals surface area contributed by atoms with Crippen molar-refractivity contribution in [1.82, 2.24) is 5.32 Å². The van der Waals surface area contributed by atoms with Crippen LogP contribution in [0.3, 0.4) is 0 Å². The number of carbonyl (C=O) groups excluding carboxylic acids is 1. The fraction of sp³-hybridized carbons (Fsp3) is 0.222. The van der Waals surface area contributed by atoms with Gasteiger partial charge in [-0.25, -0.2) is 4.79 Å². The van der Waals surface area contributed by atoms with Gasteiger partial charge in [-0.2, -0.15) is 0 Å². The molecule has 3 heteroatoms. The number of carbonyl (C=O) groups is 1. The van der Waals surface area contributed by atoms with Crippen molar-refractivity contribution in [3.05, 3.63) is 37.1 Å². The number of ether oxygens (including phenoxy) is 1. The second-order valence-corrected chi connectivity index (χ2v) is 2.31. The number of dihydropyridines is 1. The van der Waals surface area contributed by atoms with Gasteiger partial charge in [-0.1, -0.05) is 24.8 Å². The topological polar surface area (TPSA) is 38.3 Å². The molecule has 0 bridgehead atoms. The summed E-state index contributed by atoms with van der Waals surface area (Å²) in [6.45, 7) is 3.71. The van der Waals surface area contributed by atoms with Gasteiger partial charge in [0.25, 0.3) is 0 Å². The van der Waals surface area contributed by atoms with Crippen LogP contribution in [0.15, 0.2) is 37.1 Å². The van der Waals surface area contributed by atoms with Crippen LogP contribution in [-0.2, 0) is 9.53 Å². The van der Waals surface area contributed by atoms with Crippen molar-refractivity contribution in [3.63, 3.8) is 0 Å². The van der Waals surface area contributed by atoms with Crippen molar-refractivity contribution in [2.45, 2.75) is 6.04 Å². The zero-order valence-corrected chi connectivity index (χ0v) is 6.69. The normalized spacial score (nSPS) is 19.8. The van der Waals surface area contributed by atoms with E-state index in [1.165, 1.54) is 0 Å². The Balaban J connectivity index is 2.37. The third kappa shape index (κ3) is 2.27. The molecular weight excluding hydrogens is 154 g/mol. The second kappa shape index (κ2) is 4.38. The summed E-state index contributed by atoms with van der Waals surface area (Å²) in [6, 6.07) is -0.352. The predicted octanol–water partition coefficient (Wildman–Crippen LogP) is 0.757. The summed E-state index contributed by atoms with van der Waals surface area (Å²) in [5.41, 5.74) is 0. The standard InChI is InChI=1S/C9H11NO2/c1-2-7-12-9(11)8-5-3-4-6-10-8/h2-6,8,10H,1,7H2. The van der Waals surface area contributed by atoms with E-state index in [2.05, 4.69) is 11.9 Å². The van der Waals surface area contributed by atoms with Crippen molar-refractivity contribution >= 4 is 5.97 Å². The average molecular weight is 165 g/mol. The van der Waals surface area contributed by atoms with E-state index in [1.807, 2.05) is 6.08 Å². The fourth-order valence-corrected chi connectivity index (χ4v) is 0.823. The van der Waals surface area contributed by atoms with Gasteiger partial charge in [0, 0.05) is 0 Å². The molecule has 0 amide bonds. The molecule has 1 aliphatic rings. The highest BCUT2D eigenvalue weighted by atomic mass is 16.5.